The molecule has 19 heavy (non-hydrogen) atoms. The molecule has 4 atom stereocenters. The molecule has 112 valence electrons. The number of rotatable bonds is 8. The molecule has 0 saturated carbocycles. The predicted molar refractivity (Wildman–Crippen MR) is 70.8 cm³/mol. The first-order valence-electron chi connectivity index (χ1n) is 5.97. The fraction of sp³-hybridized carbons (Fsp3) is 0.800. The van der Waals surface area contributed by atoms with E-state index in [0.717, 1.165) is 0 Å². The summed E-state index contributed by atoms with van der Waals surface area (Å²) >= 11 is 0. The molecule has 9 heteroatoms. The van der Waals surface area contributed by atoms with Crippen molar-refractivity contribution in [3.8, 4) is 0 Å². The maximum absolute atomic E-state index is 11.7. The number of aliphatic carboxylic acids is 1. The Labute approximate surface area is 112 Å². The summed E-state index contributed by atoms with van der Waals surface area (Å²) in [4.78, 5) is 32.1. The third-order valence-corrected chi connectivity index (χ3v) is 4.79. The summed E-state index contributed by atoms with van der Waals surface area (Å²) < 4.78 is 11.7. The van der Waals surface area contributed by atoms with Crippen molar-refractivity contribution in [2.75, 3.05) is 6.16 Å². The quantitative estimate of drug-likeness (QED) is 0.369. The van der Waals surface area contributed by atoms with Gasteiger partial charge in [0.15, 0.2) is 0 Å². The average molecular weight is 295 g/mol. The molecule has 3 unspecified atom stereocenters. The molecule has 0 rings (SSSR count). The van der Waals surface area contributed by atoms with Crippen LogP contribution in [-0.2, 0) is 14.2 Å². The van der Waals surface area contributed by atoms with Gasteiger partial charge < -0.3 is 26.8 Å². The molecule has 8 nitrogen and oxygen atoms in total. The van der Waals surface area contributed by atoms with E-state index in [9.17, 15) is 19.0 Å². The minimum atomic E-state index is -3.83. The molecule has 0 saturated heterocycles. The molecule has 0 aromatic heterocycles. The molecule has 0 heterocycles. The van der Waals surface area contributed by atoms with E-state index in [-0.39, 0.29) is 0 Å². The molecule has 0 bridgehead atoms. The van der Waals surface area contributed by atoms with Gasteiger partial charge in [0, 0.05) is 0 Å². The summed E-state index contributed by atoms with van der Waals surface area (Å²) in [5, 5.41) is 11.1. The average Bonchev–Trinajstić information content (AvgIpc) is 2.27. The minimum absolute atomic E-state index is 0.405. The zero-order chi connectivity index (χ0) is 15.2. The summed E-state index contributed by atoms with van der Waals surface area (Å²) in [6.45, 7) is 3.14. The number of carbonyl (C=O) groups excluding carboxylic acids is 1. The molecule has 0 aromatic carbocycles. The third kappa shape index (κ3) is 6.15. The molecular formula is C10H22N3O5P. The van der Waals surface area contributed by atoms with Crippen LogP contribution in [0.5, 0.6) is 0 Å². The van der Waals surface area contributed by atoms with Crippen molar-refractivity contribution in [2.45, 2.75) is 44.6 Å². The zero-order valence-electron chi connectivity index (χ0n) is 11.1. The van der Waals surface area contributed by atoms with Crippen LogP contribution < -0.4 is 16.8 Å². The van der Waals surface area contributed by atoms with Crippen molar-refractivity contribution in [3.05, 3.63) is 0 Å². The molecule has 0 aliphatic carbocycles. The summed E-state index contributed by atoms with van der Waals surface area (Å²) in [6.07, 6.45) is 0.456. The van der Waals surface area contributed by atoms with Crippen LogP contribution in [0.25, 0.3) is 0 Å². The standard InChI is InChI=1S/C10H22N3O5P/c1-3-4-7(12)9(14)13-8(10(15)16)5-19(17,18)6(2)11/h6-8H,3-5,11-12H2,1-2H3,(H,13,14)(H,15,16)(H,17,18)/t6?,7-,8?/m0/s1. The van der Waals surface area contributed by atoms with Crippen molar-refractivity contribution in [1.82, 2.24) is 5.32 Å². The fourth-order valence-electron chi connectivity index (χ4n) is 1.33. The maximum Gasteiger partial charge on any atom is 0.326 e. The summed E-state index contributed by atoms with van der Waals surface area (Å²) in [6, 6.07) is -2.31. The summed E-state index contributed by atoms with van der Waals surface area (Å²) in [5.74, 6) is -3.11. The number of amides is 1. The molecule has 0 aliphatic rings. The number of hydrogen-bond acceptors (Lipinski definition) is 5. The largest absolute Gasteiger partial charge is 0.480 e. The number of hydrogen-bond donors (Lipinski definition) is 5. The molecule has 7 N–H and O–H groups in total. The second kappa shape index (κ2) is 7.59. The lowest BCUT2D eigenvalue weighted by atomic mass is 10.1. The van der Waals surface area contributed by atoms with Crippen LogP contribution in [0.4, 0.5) is 0 Å². The summed E-state index contributed by atoms with van der Waals surface area (Å²) in [7, 11) is -3.83. The van der Waals surface area contributed by atoms with Crippen LogP contribution in [-0.4, -0.2) is 45.9 Å². The first-order valence-corrected chi connectivity index (χ1v) is 7.89. The molecule has 0 aromatic rings. The van der Waals surface area contributed by atoms with Crippen molar-refractivity contribution >= 4 is 19.2 Å². The number of carbonyl (C=O) groups is 2. The number of nitrogens with two attached hydrogens (primary N) is 2. The van der Waals surface area contributed by atoms with Gasteiger partial charge in [-0.15, -0.1) is 0 Å². The van der Waals surface area contributed by atoms with E-state index in [0.29, 0.717) is 12.8 Å². The van der Waals surface area contributed by atoms with Crippen LogP contribution in [0.1, 0.15) is 26.7 Å². The molecule has 0 fully saturated rings. The highest BCUT2D eigenvalue weighted by Crippen LogP contribution is 2.44. The zero-order valence-corrected chi connectivity index (χ0v) is 12.0. The highest BCUT2D eigenvalue weighted by molar-refractivity contribution is 7.58. The van der Waals surface area contributed by atoms with Gasteiger partial charge in [-0.3, -0.25) is 9.36 Å². The van der Waals surface area contributed by atoms with Crippen molar-refractivity contribution in [2.24, 2.45) is 11.5 Å². The van der Waals surface area contributed by atoms with E-state index in [2.05, 4.69) is 5.32 Å². The molecule has 0 spiro atoms. The van der Waals surface area contributed by atoms with Gasteiger partial charge in [0.25, 0.3) is 0 Å². The third-order valence-electron chi connectivity index (χ3n) is 2.63. The van der Waals surface area contributed by atoms with E-state index in [1.807, 2.05) is 6.92 Å². The summed E-state index contributed by atoms with van der Waals surface area (Å²) in [5.41, 5.74) is 10.9. The fourth-order valence-corrected chi connectivity index (χ4v) is 2.44. The molecule has 1 amide bonds. The van der Waals surface area contributed by atoms with E-state index in [1.54, 1.807) is 0 Å². The first-order chi connectivity index (χ1) is 8.61. The van der Waals surface area contributed by atoms with Crippen LogP contribution >= 0.6 is 7.37 Å². The number of carboxylic acids is 1. The van der Waals surface area contributed by atoms with E-state index in [4.69, 9.17) is 16.6 Å². The molecular weight excluding hydrogens is 273 g/mol. The number of carboxylic acid groups (broad SMARTS) is 1. The van der Waals surface area contributed by atoms with Gasteiger partial charge in [-0.2, -0.15) is 0 Å². The predicted octanol–water partition coefficient (Wildman–Crippen LogP) is -0.742. The van der Waals surface area contributed by atoms with Gasteiger partial charge in [0.05, 0.1) is 18.0 Å². The normalized spacial score (nSPS) is 19.0. The Morgan fingerprint density at radius 1 is 1.37 bits per heavy atom. The molecule has 0 aliphatic heterocycles. The first kappa shape index (κ1) is 18.0. The number of nitrogens with one attached hydrogen (secondary N) is 1. The topological polar surface area (TPSA) is 156 Å². The van der Waals surface area contributed by atoms with Gasteiger partial charge in [-0.05, 0) is 13.3 Å². The maximum atomic E-state index is 11.7. The van der Waals surface area contributed by atoms with Crippen LogP contribution in [0.3, 0.4) is 0 Å². The van der Waals surface area contributed by atoms with Crippen LogP contribution in [0.2, 0.25) is 0 Å². The van der Waals surface area contributed by atoms with Gasteiger partial charge >= 0.3 is 5.97 Å². The van der Waals surface area contributed by atoms with Gasteiger partial charge in [-0.1, -0.05) is 13.3 Å². The van der Waals surface area contributed by atoms with Crippen molar-refractivity contribution in [3.63, 3.8) is 0 Å². The van der Waals surface area contributed by atoms with Gasteiger partial charge in [0.1, 0.15) is 6.04 Å². The second-order valence-corrected chi connectivity index (χ2v) is 7.16. The van der Waals surface area contributed by atoms with Crippen LogP contribution in [0.15, 0.2) is 0 Å². The Bertz CT molecular complexity index is 374. The van der Waals surface area contributed by atoms with Gasteiger partial charge in [0.2, 0.25) is 13.3 Å². The van der Waals surface area contributed by atoms with Crippen molar-refractivity contribution in [1.29, 1.82) is 0 Å². The van der Waals surface area contributed by atoms with E-state index >= 15 is 0 Å². The highest BCUT2D eigenvalue weighted by Gasteiger charge is 2.33. The van der Waals surface area contributed by atoms with Crippen LogP contribution in [0, 0.1) is 0 Å². The Kier molecular flexibility index (Phi) is 7.21. The minimum Gasteiger partial charge on any atom is -0.480 e. The lowest BCUT2D eigenvalue weighted by Gasteiger charge is -2.22. The highest BCUT2D eigenvalue weighted by atomic mass is 31.2. The Hall–Kier alpha value is -0.950. The van der Waals surface area contributed by atoms with E-state index in [1.165, 1.54) is 6.92 Å². The Morgan fingerprint density at radius 3 is 2.26 bits per heavy atom. The molecule has 0 radical (unpaired) electrons. The lowest BCUT2D eigenvalue weighted by molar-refractivity contribution is -0.141. The SMILES string of the molecule is CCC[C@H](N)C(=O)NC(CP(=O)(O)C(C)N)C(=O)O. The van der Waals surface area contributed by atoms with Gasteiger partial charge in [-0.25, -0.2) is 4.79 Å². The van der Waals surface area contributed by atoms with E-state index < -0.39 is 43.3 Å². The van der Waals surface area contributed by atoms with Crippen molar-refractivity contribution < 1.29 is 24.2 Å². The smallest absolute Gasteiger partial charge is 0.326 e. The Balaban J connectivity index is 4.73. The lowest BCUT2D eigenvalue weighted by Crippen LogP contribution is -2.50. The Morgan fingerprint density at radius 2 is 1.89 bits per heavy atom. The monoisotopic (exact) mass is 295 g/mol. The second-order valence-electron chi connectivity index (χ2n) is 4.47.